The van der Waals surface area contributed by atoms with Gasteiger partial charge in [-0.3, -0.25) is 0 Å². The number of carbonyl (C=O) groups is 1. The highest BCUT2D eigenvalue weighted by Crippen LogP contribution is 2.57. The minimum Gasteiger partial charge on any atom is -0.479 e. The normalized spacial score (nSPS) is 11.5. The molecule has 66 valence electrons. The van der Waals surface area contributed by atoms with Crippen LogP contribution in [0.15, 0.2) is 0 Å². The molecule has 0 amide bonds. The van der Waals surface area contributed by atoms with E-state index in [2.05, 4.69) is 20.8 Å². The van der Waals surface area contributed by atoms with Gasteiger partial charge >= 0.3 is 5.97 Å². The molecule has 0 aromatic rings. The lowest BCUT2D eigenvalue weighted by Crippen LogP contribution is -2.14. The molecule has 2 nitrogen and oxygen atoms in total. The topological polar surface area (TPSA) is 37.3 Å². The molecule has 0 aliphatic heterocycles. The molecule has 0 fully saturated rings. The van der Waals surface area contributed by atoms with Gasteiger partial charge in [-0.1, -0.05) is 0 Å². The van der Waals surface area contributed by atoms with Crippen molar-refractivity contribution in [2.24, 2.45) is 0 Å². The fourth-order valence-corrected chi connectivity index (χ4v) is 3.88. The molecule has 0 heterocycles. The summed E-state index contributed by atoms with van der Waals surface area (Å²) in [6.07, 6.45) is 3.65. The van der Waals surface area contributed by atoms with E-state index >= 15 is 0 Å². The van der Waals surface area contributed by atoms with Crippen LogP contribution >= 0.6 is 7.26 Å². The van der Waals surface area contributed by atoms with Crippen molar-refractivity contribution >= 4 is 13.2 Å². The smallest absolute Gasteiger partial charge is 0.341 e. The summed E-state index contributed by atoms with van der Waals surface area (Å²) in [6.45, 7) is 6.34. The van der Waals surface area contributed by atoms with Gasteiger partial charge in [0.15, 0.2) is 6.16 Å². The van der Waals surface area contributed by atoms with E-state index < -0.39 is 13.2 Å². The van der Waals surface area contributed by atoms with Crippen LogP contribution in [0.3, 0.4) is 0 Å². The predicted molar refractivity (Wildman–Crippen MR) is 51.0 cm³/mol. The second kappa shape index (κ2) is 4.71. The van der Waals surface area contributed by atoms with Gasteiger partial charge in [0.05, 0.1) is 18.5 Å². The summed E-state index contributed by atoms with van der Waals surface area (Å²) in [5.41, 5.74) is 0. The monoisotopic (exact) mass is 177 g/mol. The Hall–Kier alpha value is -0.100. The third-order valence-corrected chi connectivity index (χ3v) is 7.45. The summed E-state index contributed by atoms with van der Waals surface area (Å²) < 4.78 is 0. The van der Waals surface area contributed by atoms with E-state index in [0.717, 1.165) is 18.5 Å². The first-order valence-corrected chi connectivity index (χ1v) is 6.70. The molecule has 0 bridgehead atoms. The number of hydrogen-bond donors (Lipinski definition) is 1. The minimum absolute atomic E-state index is 0.427. The fraction of sp³-hybridized carbons (Fsp3) is 0.875. The van der Waals surface area contributed by atoms with Crippen molar-refractivity contribution in [2.45, 2.75) is 20.8 Å². The van der Waals surface area contributed by atoms with Crippen molar-refractivity contribution < 1.29 is 9.90 Å². The molecule has 0 atom stereocenters. The third kappa shape index (κ3) is 3.20. The Balaban J connectivity index is 4.16. The van der Waals surface area contributed by atoms with Gasteiger partial charge in [-0.05, 0) is 20.8 Å². The standard InChI is InChI=1S/C8H17O2P/c1-4-11(5-2,6-3)7-8(9)10/h4-7H2,1-3H3/p+1. The van der Waals surface area contributed by atoms with Crippen LogP contribution in [0.2, 0.25) is 0 Å². The zero-order valence-electron chi connectivity index (χ0n) is 7.63. The average molecular weight is 177 g/mol. The Morgan fingerprint density at radius 1 is 1.18 bits per heavy atom. The van der Waals surface area contributed by atoms with E-state index in [9.17, 15) is 4.79 Å². The molecule has 0 aliphatic carbocycles. The lowest BCUT2D eigenvalue weighted by Gasteiger charge is -2.20. The van der Waals surface area contributed by atoms with Gasteiger partial charge in [0, 0.05) is 7.26 Å². The second-order valence-corrected chi connectivity index (χ2v) is 7.74. The minimum atomic E-state index is -1.09. The van der Waals surface area contributed by atoms with Gasteiger partial charge in [-0.15, -0.1) is 0 Å². The first-order valence-electron chi connectivity index (χ1n) is 4.17. The molecule has 1 N–H and O–H groups in total. The number of hydrogen-bond acceptors (Lipinski definition) is 1. The summed E-state index contributed by atoms with van der Waals surface area (Å²) in [4.78, 5) is 10.5. The van der Waals surface area contributed by atoms with Crippen LogP contribution in [0.1, 0.15) is 20.8 Å². The summed E-state index contributed by atoms with van der Waals surface area (Å²) in [5.74, 6) is -0.621. The van der Waals surface area contributed by atoms with E-state index in [1.54, 1.807) is 0 Å². The molecule has 0 aliphatic rings. The van der Waals surface area contributed by atoms with Crippen molar-refractivity contribution in [1.82, 2.24) is 0 Å². The van der Waals surface area contributed by atoms with E-state index in [-0.39, 0.29) is 0 Å². The van der Waals surface area contributed by atoms with Crippen LogP contribution in [0.4, 0.5) is 0 Å². The van der Waals surface area contributed by atoms with Gasteiger partial charge in [-0.2, -0.15) is 0 Å². The van der Waals surface area contributed by atoms with Gasteiger partial charge in [-0.25, -0.2) is 4.79 Å². The summed E-state index contributed by atoms with van der Waals surface area (Å²) in [7, 11) is -1.09. The summed E-state index contributed by atoms with van der Waals surface area (Å²) in [5, 5.41) is 8.67. The van der Waals surface area contributed by atoms with E-state index in [4.69, 9.17) is 5.11 Å². The Kier molecular flexibility index (Phi) is 4.67. The zero-order chi connectivity index (χ0) is 8.91. The summed E-state index contributed by atoms with van der Waals surface area (Å²) in [6, 6.07) is 0. The van der Waals surface area contributed by atoms with Gasteiger partial charge < -0.3 is 5.11 Å². The van der Waals surface area contributed by atoms with Crippen molar-refractivity contribution in [1.29, 1.82) is 0 Å². The van der Waals surface area contributed by atoms with Crippen molar-refractivity contribution in [2.75, 3.05) is 24.6 Å². The molecule has 0 rings (SSSR count). The molecule has 0 aromatic carbocycles. The molecule has 11 heavy (non-hydrogen) atoms. The maximum absolute atomic E-state index is 10.5. The van der Waals surface area contributed by atoms with E-state index in [0.29, 0.717) is 6.16 Å². The SMILES string of the molecule is CC[P+](CC)(CC)CC(=O)O. The quantitative estimate of drug-likeness (QED) is 0.653. The number of rotatable bonds is 5. The van der Waals surface area contributed by atoms with Crippen LogP contribution in [-0.4, -0.2) is 35.7 Å². The maximum Gasteiger partial charge on any atom is 0.341 e. The van der Waals surface area contributed by atoms with E-state index in [1.165, 1.54) is 0 Å². The molecule has 0 radical (unpaired) electrons. The highest BCUT2D eigenvalue weighted by molar-refractivity contribution is 7.76. The lowest BCUT2D eigenvalue weighted by molar-refractivity contribution is -0.134. The Bertz CT molecular complexity index is 122. The number of carboxylic acids is 1. The Morgan fingerprint density at radius 3 is 1.64 bits per heavy atom. The molecule has 3 heteroatoms. The van der Waals surface area contributed by atoms with Crippen molar-refractivity contribution in [3.63, 3.8) is 0 Å². The van der Waals surface area contributed by atoms with Gasteiger partial charge in [0.25, 0.3) is 0 Å². The second-order valence-electron chi connectivity index (χ2n) is 2.84. The van der Waals surface area contributed by atoms with Gasteiger partial charge in [0.2, 0.25) is 0 Å². The number of aliphatic carboxylic acids is 1. The molecule has 0 spiro atoms. The van der Waals surface area contributed by atoms with Crippen LogP contribution in [0.25, 0.3) is 0 Å². The third-order valence-electron chi connectivity index (χ3n) is 2.48. The van der Waals surface area contributed by atoms with Crippen LogP contribution in [0, 0.1) is 0 Å². The first kappa shape index (κ1) is 10.9. The van der Waals surface area contributed by atoms with Crippen LogP contribution in [-0.2, 0) is 4.79 Å². The molecule has 0 unspecified atom stereocenters. The fourth-order valence-electron chi connectivity index (χ4n) is 1.29. The summed E-state index contributed by atoms with van der Waals surface area (Å²) >= 11 is 0. The Labute approximate surface area is 69.3 Å². The lowest BCUT2D eigenvalue weighted by atomic mass is 10.8. The highest BCUT2D eigenvalue weighted by Gasteiger charge is 2.33. The molecule has 0 saturated carbocycles. The first-order chi connectivity index (χ1) is 5.10. The Morgan fingerprint density at radius 2 is 1.55 bits per heavy atom. The van der Waals surface area contributed by atoms with Crippen molar-refractivity contribution in [3.8, 4) is 0 Å². The van der Waals surface area contributed by atoms with Crippen molar-refractivity contribution in [3.05, 3.63) is 0 Å². The molecule has 0 aromatic heterocycles. The molecular formula is C8H18O2P+. The van der Waals surface area contributed by atoms with Gasteiger partial charge in [0.1, 0.15) is 0 Å². The van der Waals surface area contributed by atoms with Crippen LogP contribution in [0.5, 0.6) is 0 Å². The zero-order valence-corrected chi connectivity index (χ0v) is 8.53. The molecule has 0 saturated heterocycles. The largest absolute Gasteiger partial charge is 0.479 e. The number of carboxylic acid groups (broad SMARTS) is 1. The van der Waals surface area contributed by atoms with Crippen LogP contribution < -0.4 is 0 Å². The highest BCUT2D eigenvalue weighted by atomic mass is 31.2. The maximum atomic E-state index is 10.5. The predicted octanol–water partition coefficient (Wildman–Crippen LogP) is 2.15. The molecular weight excluding hydrogens is 159 g/mol. The van der Waals surface area contributed by atoms with E-state index in [1.807, 2.05) is 0 Å². The average Bonchev–Trinajstić information content (AvgIpc) is 2.00.